The first kappa shape index (κ1) is 21.2. The van der Waals surface area contributed by atoms with Crippen molar-refractivity contribution < 1.29 is 19.1 Å². The molecule has 8 heteroatoms. The van der Waals surface area contributed by atoms with Crippen LogP contribution in [0.5, 0.6) is 11.5 Å². The van der Waals surface area contributed by atoms with E-state index in [4.69, 9.17) is 9.47 Å². The second kappa shape index (κ2) is 10.3. The number of hydrogen-bond donors (Lipinski definition) is 2. The Labute approximate surface area is 172 Å². The van der Waals surface area contributed by atoms with Gasteiger partial charge in [-0.2, -0.15) is 0 Å². The van der Waals surface area contributed by atoms with Gasteiger partial charge in [-0.15, -0.1) is 0 Å². The lowest BCUT2D eigenvalue weighted by Gasteiger charge is -2.26. The minimum absolute atomic E-state index is 0.0207. The van der Waals surface area contributed by atoms with Crippen LogP contribution in [0.15, 0.2) is 18.2 Å². The molecule has 8 nitrogen and oxygen atoms in total. The van der Waals surface area contributed by atoms with Gasteiger partial charge in [0.25, 0.3) is 0 Å². The Morgan fingerprint density at radius 3 is 2.62 bits per heavy atom. The Hall–Kier alpha value is -2.48. The second-order valence-corrected chi connectivity index (χ2v) is 7.60. The second-order valence-electron chi connectivity index (χ2n) is 7.60. The van der Waals surface area contributed by atoms with E-state index < -0.39 is 0 Å². The summed E-state index contributed by atoms with van der Waals surface area (Å²) in [6.45, 7) is 4.44. The van der Waals surface area contributed by atoms with Crippen molar-refractivity contribution in [3.63, 3.8) is 0 Å². The van der Waals surface area contributed by atoms with Gasteiger partial charge < -0.3 is 29.9 Å². The normalized spacial score (nSPS) is 19.9. The summed E-state index contributed by atoms with van der Waals surface area (Å²) in [4.78, 5) is 28.7. The largest absolute Gasteiger partial charge is 0.493 e. The van der Waals surface area contributed by atoms with Crippen LogP contribution in [-0.2, 0) is 4.79 Å². The molecular weight excluding hydrogens is 372 g/mol. The van der Waals surface area contributed by atoms with Gasteiger partial charge in [0.1, 0.15) is 0 Å². The Kier molecular flexibility index (Phi) is 7.57. The van der Waals surface area contributed by atoms with Gasteiger partial charge in [0, 0.05) is 31.3 Å². The Morgan fingerprint density at radius 1 is 1.14 bits per heavy atom. The molecule has 160 valence electrons. The number of amides is 3. The van der Waals surface area contributed by atoms with Gasteiger partial charge in [-0.25, -0.2) is 4.79 Å². The van der Waals surface area contributed by atoms with E-state index in [1.807, 2.05) is 6.07 Å². The third kappa shape index (κ3) is 5.76. The van der Waals surface area contributed by atoms with E-state index in [2.05, 4.69) is 15.5 Å². The molecule has 1 atom stereocenters. The summed E-state index contributed by atoms with van der Waals surface area (Å²) >= 11 is 0. The van der Waals surface area contributed by atoms with Gasteiger partial charge in [-0.3, -0.25) is 4.79 Å². The van der Waals surface area contributed by atoms with Crippen molar-refractivity contribution in [1.29, 1.82) is 0 Å². The van der Waals surface area contributed by atoms with Crippen LogP contribution in [0, 0.1) is 0 Å². The van der Waals surface area contributed by atoms with Gasteiger partial charge in [0.15, 0.2) is 11.5 Å². The van der Waals surface area contributed by atoms with Crippen LogP contribution in [0.3, 0.4) is 0 Å². The van der Waals surface area contributed by atoms with Crippen LogP contribution in [0.2, 0.25) is 0 Å². The molecule has 2 aliphatic heterocycles. The third-order valence-corrected chi connectivity index (χ3v) is 5.52. The molecule has 2 saturated heterocycles. The molecule has 2 heterocycles. The zero-order valence-electron chi connectivity index (χ0n) is 17.4. The lowest BCUT2D eigenvalue weighted by molar-refractivity contribution is -0.117. The number of methoxy groups -OCH3 is 2. The van der Waals surface area contributed by atoms with Crippen LogP contribution < -0.4 is 25.0 Å². The van der Waals surface area contributed by atoms with E-state index in [9.17, 15) is 9.59 Å². The van der Waals surface area contributed by atoms with Crippen molar-refractivity contribution in [2.24, 2.45) is 0 Å². The number of urea groups is 1. The lowest BCUT2D eigenvalue weighted by Crippen LogP contribution is -2.44. The van der Waals surface area contributed by atoms with Gasteiger partial charge in [0.2, 0.25) is 5.91 Å². The molecular formula is C21H32N4O4. The summed E-state index contributed by atoms with van der Waals surface area (Å²) in [5.74, 6) is 1.16. The number of hydrogen-bond acceptors (Lipinski definition) is 5. The average molecular weight is 405 g/mol. The van der Waals surface area contributed by atoms with Crippen molar-refractivity contribution in [3.05, 3.63) is 18.2 Å². The van der Waals surface area contributed by atoms with Gasteiger partial charge in [-0.05, 0) is 51.0 Å². The highest BCUT2D eigenvalue weighted by Gasteiger charge is 2.32. The first-order valence-corrected chi connectivity index (χ1v) is 10.4. The molecule has 1 aromatic carbocycles. The number of piperidine rings is 1. The molecule has 3 rings (SSSR count). The predicted molar refractivity (Wildman–Crippen MR) is 112 cm³/mol. The first-order valence-electron chi connectivity index (χ1n) is 10.4. The summed E-state index contributed by atoms with van der Waals surface area (Å²) in [5, 5.41) is 5.83. The van der Waals surface area contributed by atoms with Crippen molar-refractivity contribution >= 4 is 17.6 Å². The maximum atomic E-state index is 12.4. The zero-order chi connectivity index (χ0) is 20.6. The first-order chi connectivity index (χ1) is 14.1. The Bertz CT molecular complexity index is 706. The average Bonchev–Trinajstić information content (AvgIpc) is 3.11. The highest BCUT2D eigenvalue weighted by atomic mass is 16.5. The van der Waals surface area contributed by atoms with Crippen molar-refractivity contribution in [2.75, 3.05) is 51.8 Å². The molecule has 2 aliphatic rings. The molecule has 0 aromatic heterocycles. The third-order valence-electron chi connectivity index (χ3n) is 5.52. The fourth-order valence-electron chi connectivity index (χ4n) is 3.97. The van der Waals surface area contributed by atoms with Crippen molar-refractivity contribution in [3.8, 4) is 11.5 Å². The van der Waals surface area contributed by atoms with E-state index in [0.29, 0.717) is 24.6 Å². The quantitative estimate of drug-likeness (QED) is 0.648. The molecule has 29 heavy (non-hydrogen) atoms. The van der Waals surface area contributed by atoms with Gasteiger partial charge in [0.05, 0.1) is 20.3 Å². The highest BCUT2D eigenvalue weighted by molar-refractivity contribution is 5.97. The molecule has 1 unspecified atom stereocenters. The van der Waals surface area contributed by atoms with Crippen LogP contribution in [-0.4, -0.2) is 69.8 Å². The van der Waals surface area contributed by atoms with Gasteiger partial charge >= 0.3 is 6.03 Å². The maximum Gasteiger partial charge on any atom is 0.315 e. The van der Waals surface area contributed by atoms with E-state index in [-0.39, 0.29) is 24.4 Å². The van der Waals surface area contributed by atoms with E-state index >= 15 is 0 Å². The SMILES string of the molecule is COc1ccc(N2CC(NC(=O)NCCCN3CCCCC3)CC2=O)cc1OC. The summed E-state index contributed by atoms with van der Waals surface area (Å²) < 4.78 is 10.6. The highest BCUT2D eigenvalue weighted by Crippen LogP contribution is 2.33. The van der Waals surface area contributed by atoms with Crippen molar-refractivity contribution in [2.45, 2.75) is 38.1 Å². The van der Waals surface area contributed by atoms with Crippen LogP contribution in [0.25, 0.3) is 0 Å². The van der Waals surface area contributed by atoms with Crippen LogP contribution in [0.1, 0.15) is 32.1 Å². The predicted octanol–water partition coefficient (Wildman–Crippen LogP) is 1.98. The minimum Gasteiger partial charge on any atom is -0.493 e. The number of anilines is 1. The Morgan fingerprint density at radius 2 is 1.90 bits per heavy atom. The number of carbonyl (C=O) groups excluding carboxylic acids is 2. The van der Waals surface area contributed by atoms with E-state index in [1.165, 1.54) is 32.4 Å². The topological polar surface area (TPSA) is 83.1 Å². The van der Waals surface area contributed by atoms with Crippen LogP contribution >= 0.6 is 0 Å². The number of likely N-dealkylation sites (tertiary alicyclic amines) is 1. The van der Waals surface area contributed by atoms with Crippen LogP contribution in [0.4, 0.5) is 10.5 Å². The summed E-state index contributed by atoms with van der Waals surface area (Å²) in [7, 11) is 3.14. The monoisotopic (exact) mass is 404 g/mol. The fourth-order valence-corrected chi connectivity index (χ4v) is 3.97. The lowest BCUT2D eigenvalue weighted by atomic mass is 10.1. The standard InChI is InChI=1S/C21H32N4O4/c1-28-18-8-7-17(14-19(18)29-2)25-15-16(13-20(25)26)23-21(27)22-9-6-12-24-10-4-3-5-11-24/h7-8,14,16H,3-6,9-13,15H2,1-2H3,(H2,22,23,27). The molecule has 0 aliphatic carbocycles. The summed E-state index contributed by atoms with van der Waals surface area (Å²) in [6, 6.07) is 4.95. The number of rotatable bonds is 8. The number of ether oxygens (including phenoxy) is 2. The number of carbonyl (C=O) groups is 2. The number of nitrogens with zero attached hydrogens (tertiary/aromatic N) is 2. The summed E-state index contributed by atoms with van der Waals surface area (Å²) in [6.07, 6.45) is 5.11. The minimum atomic E-state index is -0.212. The summed E-state index contributed by atoms with van der Waals surface area (Å²) in [5.41, 5.74) is 0.735. The molecule has 3 amide bonds. The number of benzene rings is 1. The molecule has 1 aromatic rings. The van der Waals surface area contributed by atoms with E-state index in [1.54, 1.807) is 31.3 Å². The molecule has 0 bridgehead atoms. The molecule has 2 fully saturated rings. The fraction of sp³-hybridized carbons (Fsp3) is 0.619. The van der Waals surface area contributed by atoms with Gasteiger partial charge in [-0.1, -0.05) is 6.42 Å². The molecule has 0 radical (unpaired) electrons. The smallest absolute Gasteiger partial charge is 0.315 e. The van der Waals surface area contributed by atoms with Crippen molar-refractivity contribution in [1.82, 2.24) is 15.5 Å². The maximum absolute atomic E-state index is 12.4. The molecule has 2 N–H and O–H groups in total. The molecule has 0 saturated carbocycles. The zero-order valence-corrected chi connectivity index (χ0v) is 17.4. The number of nitrogens with one attached hydrogen (secondary N) is 2. The van der Waals surface area contributed by atoms with E-state index in [0.717, 1.165) is 18.7 Å². The Balaban J connectivity index is 1.43. The molecule has 0 spiro atoms.